The van der Waals surface area contributed by atoms with Crippen LogP contribution in [0.2, 0.25) is 5.02 Å². The van der Waals surface area contributed by atoms with Crippen molar-refractivity contribution in [3.63, 3.8) is 0 Å². The molecule has 256 valence electrons. The Bertz CT molecular complexity index is 1890. The van der Waals surface area contributed by atoms with Crippen LogP contribution >= 0.6 is 11.6 Å². The molecule has 0 bridgehead atoms. The van der Waals surface area contributed by atoms with Gasteiger partial charge in [-0.15, -0.1) is 0 Å². The summed E-state index contributed by atoms with van der Waals surface area (Å²) in [7, 11) is 0. The number of aryl methyl sites for hydroxylation is 1. The molecule has 6 rings (SSSR count). The molecule has 1 saturated heterocycles. The summed E-state index contributed by atoms with van der Waals surface area (Å²) in [6.45, 7) is 7.15. The Morgan fingerprint density at radius 3 is 2.26 bits per heavy atom. The number of pyridine rings is 1. The van der Waals surface area contributed by atoms with E-state index in [0.717, 1.165) is 67.8 Å². The Morgan fingerprint density at radius 1 is 0.840 bits per heavy atom. The minimum atomic E-state index is -0.269. The zero-order chi connectivity index (χ0) is 34.7. The Kier molecular flexibility index (Phi) is 11.8. The zero-order valence-corrected chi connectivity index (χ0v) is 28.7. The number of hydrogen-bond donors (Lipinski definition) is 0. The quantitative estimate of drug-likeness (QED) is 0.0855. The first-order valence-electron chi connectivity index (χ1n) is 16.6. The number of benzene rings is 4. The summed E-state index contributed by atoms with van der Waals surface area (Å²) < 4.78 is 30.7. The van der Waals surface area contributed by atoms with Crippen LogP contribution < -0.4 is 14.2 Å². The molecule has 5 aromatic rings. The number of rotatable bonds is 14. The van der Waals surface area contributed by atoms with Crippen LogP contribution in [0.4, 0.5) is 4.39 Å². The summed E-state index contributed by atoms with van der Waals surface area (Å²) in [6, 6.07) is 31.7. The summed E-state index contributed by atoms with van der Waals surface area (Å²) in [5.74, 6) is 2.13. The lowest BCUT2D eigenvalue weighted by molar-refractivity contribution is -0.104. The predicted molar refractivity (Wildman–Crippen MR) is 194 cm³/mol. The molecule has 1 aromatic heterocycles. The van der Waals surface area contributed by atoms with Crippen molar-refractivity contribution < 1.29 is 23.4 Å². The average Bonchev–Trinajstić information content (AvgIpc) is 3.13. The topological polar surface area (TPSA) is 64.1 Å². The highest BCUT2D eigenvalue weighted by Crippen LogP contribution is 2.30. The first-order valence-corrected chi connectivity index (χ1v) is 17.0. The highest BCUT2D eigenvalue weighted by atomic mass is 35.5. The number of piperazine rings is 1. The van der Waals surface area contributed by atoms with Crippen molar-refractivity contribution in [2.45, 2.75) is 26.5 Å². The zero-order valence-electron chi connectivity index (χ0n) is 27.9. The maximum Gasteiger partial charge on any atom is 0.219 e. The van der Waals surface area contributed by atoms with Gasteiger partial charge in [0.15, 0.2) is 0 Å². The van der Waals surface area contributed by atoms with Crippen molar-refractivity contribution in [3.05, 3.63) is 154 Å². The van der Waals surface area contributed by atoms with E-state index in [0.29, 0.717) is 41.4 Å². The van der Waals surface area contributed by atoms with Crippen LogP contribution in [0.25, 0.3) is 5.70 Å². The smallest absolute Gasteiger partial charge is 0.219 e. The molecule has 1 aliphatic rings. The van der Waals surface area contributed by atoms with E-state index in [-0.39, 0.29) is 5.82 Å². The number of halogens is 2. The summed E-state index contributed by atoms with van der Waals surface area (Å²) in [5, 5.41) is 0.662. The van der Waals surface area contributed by atoms with Gasteiger partial charge in [-0.05, 0) is 78.2 Å². The lowest BCUT2D eigenvalue weighted by Crippen LogP contribution is -2.45. The van der Waals surface area contributed by atoms with E-state index in [4.69, 9.17) is 25.8 Å². The molecule has 0 atom stereocenters. The third kappa shape index (κ3) is 9.49. The number of aldehydes is 1. The minimum absolute atomic E-state index is 0.269. The van der Waals surface area contributed by atoms with Gasteiger partial charge in [0.25, 0.3) is 0 Å². The molecule has 0 N–H and O–H groups in total. The van der Waals surface area contributed by atoms with Crippen LogP contribution in [0, 0.1) is 12.7 Å². The van der Waals surface area contributed by atoms with E-state index < -0.39 is 0 Å². The number of allylic oxidation sites excluding steroid dienone is 1. The van der Waals surface area contributed by atoms with E-state index in [1.807, 2.05) is 55.5 Å². The molecule has 7 nitrogen and oxygen atoms in total. The molecule has 50 heavy (non-hydrogen) atoms. The van der Waals surface area contributed by atoms with Crippen molar-refractivity contribution >= 4 is 23.6 Å². The second-order valence-corrected chi connectivity index (χ2v) is 12.5. The van der Waals surface area contributed by atoms with Crippen LogP contribution in [-0.2, 0) is 24.4 Å². The Balaban J connectivity index is 0.982. The SMILES string of the molecule is Cc1cc(Oc2ccc(OCc3ccccc3Cl)cn2)ccc1/C(=C\C=O)N1CCN(Cc2ccc(CCOc3ccc(F)cc3)cc2)CC1. The summed E-state index contributed by atoms with van der Waals surface area (Å²) >= 11 is 6.22. The van der Waals surface area contributed by atoms with Crippen LogP contribution in [-0.4, -0.2) is 53.9 Å². The van der Waals surface area contributed by atoms with E-state index in [2.05, 4.69) is 39.0 Å². The second kappa shape index (κ2) is 17.0. The van der Waals surface area contributed by atoms with Gasteiger partial charge >= 0.3 is 0 Å². The third-order valence-electron chi connectivity index (χ3n) is 8.60. The fourth-order valence-electron chi connectivity index (χ4n) is 5.86. The van der Waals surface area contributed by atoms with Crippen molar-refractivity contribution in [2.24, 2.45) is 0 Å². The van der Waals surface area contributed by atoms with E-state index >= 15 is 0 Å². The molecule has 9 heteroatoms. The molecule has 0 saturated carbocycles. The molecule has 0 spiro atoms. The number of nitrogens with zero attached hydrogens (tertiary/aromatic N) is 3. The van der Waals surface area contributed by atoms with Gasteiger partial charge in [-0.2, -0.15) is 0 Å². The van der Waals surface area contributed by atoms with Crippen molar-refractivity contribution in [3.8, 4) is 23.1 Å². The van der Waals surface area contributed by atoms with Gasteiger partial charge in [0.05, 0.1) is 12.8 Å². The van der Waals surface area contributed by atoms with E-state index in [9.17, 15) is 9.18 Å². The fraction of sp³-hybridized carbons (Fsp3) is 0.220. The van der Waals surface area contributed by atoms with E-state index in [1.165, 1.54) is 23.3 Å². The summed E-state index contributed by atoms with van der Waals surface area (Å²) in [5.41, 5.74) is 6.26. The average molecular weight is 692 g/mol. The van der Waals surface area contributed by atoms with Crippen molar-refractivity contribution in [2.75, 3.05) is 32.8 Å². The van der Waals surface area contributed by atoms with Crippen molar-refractivity contribution in [1.29, 1.82) is 0 Å². The van der Waals surface area contributed by atoms with Gasteiger partial charge in [-0.1, -0.05) is 54.1 Å². The summed E-state index contributed by atoms with van der Waals surface area (Å²) in [4.78, 5) is 20.8. The largest absolute Gasteiger partial charge is 0.493 e. The lowest BCUT2D eigenvalue weighted by Gasteiger charge is -2.37. The Labute approximate surface area is 297 Å². The maximum atomic E-state index is 13.1. The minimum Gasteiger partial charge on any atom is -0.493 e. The lowest BCUT2D eigenvalue weighted by atomic mass is 10.0. The molecule has 0 radical (unpaired) electrons. The second-order valence-electron chi connectivity index (χ2n) is 12.1. The van der Waals surface area contributed by atoms with Gasteiger partial charge < -0.3 is 19.1 Å². The molecule has 0 unspecified atom stereocenters. The van der Waals surface area contributed by atoms with Crippen LogP contribution in [0.5, 0.6) is 23.1 Å². The first-order chi connectivity index (χ1) is 24.4. The molecule has 2 heterocycles. The molecule has 0 aliphatic carbocycles. The van der Waals surface area contributed by atoms with Crippen LogP contribution in [0.3, 0.4) is 0 Å². The summed E-state index contributed by atoms with van der Waals surface area (Å²) in [6.07, 6.45) is 4.92. The number of aromatic nitrogens is 1. The Morgan fingerprint density at radius 2 is 1.56 bits per heavy atom. The van der Waals surface area contributed by atoms with Gasteiger partial charge in [-0.25, -0.2) is 9.37 Å². The van der Waals surface area contributed by atoms with Gasteiger partial charge in [0.2, 0.25) is 5.88 Å². The van der Waals surface area contributed by atoms with Crippen molar-refractivity contribution in [1.82, 2.24) is 14.8 Å². The van der Waals surface area contributed by atoms with E-state index in [1.54, 1.807) is 30.5 Å². The maximum absolute atomic E-state index is 13.1. The molecule has 1 aliphatic heterocycles. The number of carbonyl (C=O) groups excluding carboxylic acids is 1. The highest BCUT2D eigenvalue weighted by molar-refractivity contribution is 6.31. The molecular formula is C41H39ClFN3O4. The first kappa shape index (κ1) is 34.7. The van der Waals surface area contributed by atoms with Gasteiger partial charge in [0.1, 0.15) is 36.0 Å². The fourth-order valence-corrected chi connectivity index (χ4v) is 6.05. The van der Waals surface area contributed by atoms with Gasteiger partial charge in [-0.3, -0.25) is 9.69 Å². The monoisotopic (exact) mass is 691 g/mol. The predicted octanol–water partition coefficient (Wildman–Crippen LogP) is 8.53. The standard InChI is InChI=1S/C41H39ClFN3O4/c1-30-26-36(50-41-17-15-37(27-44-41)49-29-33-4-2-3-5-39(33)42)14-16-38(30)40(18-24-47)46-22-20-45(21-23-46)28-32-8-6-31(7-9-32)19-25-48-35-12-10-34(43)11-13-35/h2-18,24,26-27H,19-23,25,28-29H2,1H3/b40-18+. The molecular weight excluding hydrogens is 653 g/mol. The normalized spacial score (nSPS) is 13.6. The molecule has 1 fully saturated rings. The number of carbonyl (C=O) groups is 1. The van der Waals surface area contributed by atoms with Gasteiger partial charge in [0, 0.05) is 73.1 Å². The number of hydrogen-bond acceptors (Lipinski definition) is 7. The van der Waals surface area contributed by atoms with Crippen LogP contribution in [0.1, 0.15) is 27.8 Å². The highest BCUT2D eigenvalue weighted by Gasteiger charge is 2.21. The molecule has 0 amide bonds. The number of ether oxygens (including phenoxy) is 3. The Hall–Kier alpha value is -5.18. The van der Waals surface area contributed by atoms with Crippen LogP contribution in [0.15, 0.2) is 115 Å². The molecule has 4 aromatic carbocycles. The third-order valence-corrected chi connectivity index (χ3v) is 8.97.